The molecule has 0 aromatic heterocycles. The van der Waals surface area contributed by atoms with Gasteiger partial charge in [-0.05, 0) is 29.7 Å². The highest BCUT2D eigenvalue weighted by atomic mass is 16.5. The Balaban J connectivity index is 1.49. The van der Waals surface area contributed by atoms with Crippen LogP contribution in [0.5, 0.6) is 11.5 Å². The Morgan fingerprint density at radius 1 is 1.07 bits per heavy atom. The molecular weight excluding hydrogens is 370 g/mol. The second kappa shape index (κ2) is 7.63. The molecule has 0 radical (unpaired) electrons. The number of hydrogen-bond acceptors (Lipinski definition) is 5. The molecule has 0 unspecified atom stereocenters. The van der Waals surface area contributed by atoms with Crippen LogP contribution in [0.25, 0.3) is 10.8 Å². The maximum absolute atomic E-state index is 12.7. The monoisotopic (exact) mass is 389 g/mol. The summed E-state index contributed by atoms with van der Waals surface area (Å²) in [4.78, 5) is 26.6. The number of para-hydroxylation sites is 1. The van der Waals surface area contributed by atoms with Gasteiger partial charge in [0.1, 0.15) is 6.54 Å². The van der Waals surface area contributed by atoms with E-state index in [1.165, 1.54) is 18.2 Å². The molecule has 7 nitrogen and oxygen atoms in total. The summed E-state index contributed by atoms with van der Waals surface area (Å²) in [5, 5.41) is 5.84. The van der Waals surface area contributed by atoms with E-state index in [2.05, 4.69) is 10.5 Å². The van der Waals surface area contributed by atoms with Gasteiger partial charge in [0, 0.05) is 16.5 Å². The number of rotatable bonds is 6. The van der Waals surface area contributed by atoms with Crippen molar-refractivity contribution < 1.29 is 19.1 Å². The maximum Gasteiger partial charge on any atom is 0.260 e. The fourth-order valence-electron chi connectivity index (χ4n) is 3.50. The van der Waals surface area contributed by atoms with Gasteiger partial charge in [-0.15, -0.1) is 0 Å². The minimum absolute atomic E-state index is 0.126. The molecule has 7 heteroatoms. The standard InChI is InChI=1S/C22H19N3O4/c1-28-18-11-5-8-15(21(18)29-2)12-23-24-19(26)13-25-17-10-4-7-14-6-3-9-16(20(14)17)22(25)27/h3-12H,13H2,1-2H3,(H,24,26)/b23-12+. The third kappa shape index (κ3) is 3.27. The number of ether oxygens (including phenoxy) is 2. The van der Waals surface area contributed by atoms with Crippen LogP contribution in [0.3, 0.4) is 0 Å². The van der Waals surface area contributed by atoms with Crippen molar-refractivity contribution >= 4 is 34.5 Å². The number of hydrogen-bond donors (Lipinski definition) is 1. The Bertz CT molecular complexity index is 1130. The summed E-state index contributed by atoms with van der Waals surface area (Å²) in [6.45, 7) is -0.126. The molecule has 4 rings (SSSR count). The molecule has 0 aliphatic carbocycles. The SMILES string of the molecule is COc1cccc(/C=N/NC(=O)CN2C(=O)c3cccc4cccc2c34)c1OC. The zero-order valence-electron chi connectivity index (χ0n) is 16.0. The van der Waals surface area contributed by atoms with Crippen molar-refractivity contribution in [1.82, 2.24) is 5.43 Å². The van der Waals surface area contributed by atoms with Gasteiger partial charge in [0.2, 0.25) is 0 Å². The highest BCUT2D eigenvalue weighted by molar-refractivity contribution is 6.26. The van der Waals surface area contributed by atoms with E-state index in [0.717, 1.165) is 16.5 Å². The van der Waals surface area contributed by atoms with E-state index in [-0.39, 0.29) is 12.5 Å². The van der Waals surface area contributed by atoms with Crippen LogP contribution in [0.2, 0.25) is 0 Å². The number of benzene rings is 3. The van der Waals surface area contributed by atoms with Crippen LogP contribution in [-0.2, 0) is 4.79 Å². The molecule has 0 saturated heterocycles. The van der Waals surface area contributed by atoms with Crippen LogP contribution in [0.15, 0.2) is 59.7 Å². The Kier molecular flexibility index (Phi) is 4.87. The van der Waals surface area contributed by atoms with E-state index in [4.69, 9.17) is 9.47 Å². The molecule has 1 aliphatic heterocycles. The summed E-state index contributed by atoms with van der Waals surface area (Å²) in [6, 6.07) is 16.6. The van der Waals surface area contributed by atoms with E-state index in [0.29, 0.717) is 22.6 Å². The van der Waals surface area contributed by atoms with E-state index >= 15 is 0 Å². The van der Waals surface area contributed by atoms with Gasteiger partial charge in [-0.3, -0.25) is 14.5 Å². The summed E-state index contributed by atoms with van der Waals surface area (Å²) in [5.74, 6) is 0.493. The van der Waals surface area contributed by atoms with Gasteiger partial charge in [-0.2, -0.15) is 5.10 Å². The van der Waals surface area contributed by atoms with Crippen molar-refractivity contribution in [2.75, 3.05) is 25.7 Å². The lowest BCUT2D eigenvalue weighted by atomic mass is 10.1. The van der Waals surface area contributed by atoms with Gasteiger partial charge >= 0.3 is 0 Å². The molecule has 1 N–H and O–H groups in total. The predicted octanol–water partition coefficient (Wildman–Crippen LogP) is 2.97. The van der Waals surface area contributed by atoms with Gasteiger partial charge < -0.3 is 9.47 Å². The Labute approximate surface area is 167 Å². The van der Waals surface area contributed by atoms with Gasteiger partial charge in [0.25, 0.3) is 11.8 Å². The minimum Gasteiger partial charge on any atom is -0.493 e. The average molecular weight is 389 g/mol. The molecule has 0 bridgehead atoms. The van der Waals surface area contributed by atoms with Gasteiger partial charge in [-0.25, -0.2) is 5.43 Å². The molecule has 2 amide bonds. The summed E-state index contributed by atoms with van der Waals surface area (Å²) in [5.41, 5.74) is 4.46. The van der Waals surface area contributed by atoms with Crippen LogP contribution in [0.1, 0.15) is 15.9 Å². The first-order chi connectivity index (χ1) is 14.1. The summed E-state index contributed by atoms with van der Waals surface area (Å²) >= 11 is 0. The number of methoxy groups -OCH3 is 2. The van der Waals surface area contributed by atoms with Crippen molar-refractivity contribution in [2.45, 2.75) is 0 Å². The van der Waals surface area contributed by atoms with Crippen LogP contribution in [0.4, 0.5) is 5.69 Å². The summed E-state index contributed by atoms with van der Waals surface area (Å²) < 4.78 is 10.6. The lowest BCUT2D eigenvalue weighted by molar-refractivity contribution is -0.119. The normalized spacial score (nSPS) is 12.6. The smallest absolute Gasteiger partial charge is 0.260 e. The molecule has 29 heavy (non-hydrogen) atoms. The van der Waals surface area contributed by atoms with Gasteiger partial charge in [0.15, 0.2) is 11.5 Å². The summed E-state index contributed by atoms with van der Waals surface area (Å²) in [7, 11) is 3.08. The quantitative estimate of drug-likeness (QED) is 0.519. The maximum atomic E-state index is 12.7. The molecule has 3 aromatic rings. The number of anilines is 1. The van der Waals surface area contributed by atoms with E-state index in [9.17, 15) is 9.59 Å². The minimum atomic E-state index is -0.402. The first kappa shape index (κ1) is 18.5. The Hall–Kier alpha value is -3.87. The van der Waals surface area contributed by atoms with Gasteiger partial charge in [0.05, 0.1) is 26.1 Å². The van der Waals surface area contributed by atoms with Crippen molar-refractivity contribution in [2.24, 2.45) is 5.10 Å². The van der Waals surface area contributed by atoms with Crippen molar-refractivity contribution in [3.05, 3.63) is 65.7 Å². The Morgan fingerprint density at radius 3 is 2.59 bits per heavy atom. The molecule has 3 aromatic carbocycles. The Morgan fingerprint density at radius 2 is 1.83 bits per heavy atom. The van der Waals surface area contributed by atoms with Crippen molar-refractivity contribution in [1.29, 1.82) is 0 Å². The molecule has 0 fully saturated rings. The van der Waals surface area contributed by atoms with Crippen LogP contribution >= 0.6 is 0 Å². The number of nitrogens with one attached hydrogen (secondary N) is 1. The lowest BCUT2D eigenvalue weighted by Crippen LogP contribution is -2.37. The predicted molar refractivity (Wildman–Crippen MR) is 111 cm³/mol. The highest BCUT2D eigenvalue weighted by Crippen LogP contribution is 2.36. The first-order valence-electron chi connectivity index (χ1n) is 9.00. The third-order valence-electron chi connectivity index (χ3n) is 4.78. The number of amides is 2. The number of carbonyl (C=O) groups is 2. The molecular formula is C22H19N3O4. The highest BCUT2D eigenvalue weighted by Gasteiger charge is 2.30. The van der Waals surface area contributed by atoms with Crippen LogP contribution < -0.4 is 19.8 Å². The lowest BCUT2D eigenvalue weighted by Gasteiger charge is -2.16. The number of carbonyl (C=O) groups excluding carboxylic acids is 2. The van der Waals surface area contributed by atoms with Gasteiger partial charge in [-0.1, -0.05) is 30.3 Å². The van der Waals surface area contributed by atoms with Crippen LogP contribution in [0, 0.1) is 0 Å². The van der Waals surface area contributed by atoms with Crippen molar-refractivity contribution in [3.63, 3.8) is 0 Å². The second-order valence-corrected chi connectivity index (χ2v) is 6.45. The van der Waals surface area contributed by atoms with Crippen LogP contribution in [-0.4, -0.2) is 38.8 Å². The second-order valence-electron chi connectivity index (χ2n) is 6.45. The zero-order valence-corrected chi connectivity index (χ0v) is 16.0. The molecule has 1 heterocycles. The topological polar surface area (TPSA) is 80.2 Å². The van der Waals surface area contributed by atoms with E-state index in [1.807, 2.05) is 30.3 Å². The molecule has 0 saturated carbocycles. The molecule has 0 atom stereocenters. The number of nitrogens with zero attached hydrogens (tertiary/aromatic N) is 2. The third-order valence-corrected chi connectivity index (χ3v) is 4.78. The molecule has 1 aliphatic rings. The van der Waals surface area contributed by atoms with E-state index < -0.39 is 5.91 Å². The molecule has 0 spiro atoms. The largest absolute Gasteiger partial charge is 0.493 e. The fourth-order valence-corrected chi connectivity index (χ4v) is 3.50. The van der Waals surface area contributed by atoms with Crippen molar-refractivity contribution in [3.8, 4) is 11.5 Å². The fraction of sp³-hybridized carbons (Fsp3) is 0.136. The molecule has 146 valence electrons. The summed E-state index contributed by atoms with van der Waals surface area (Å²) in [6.07, 6.45) is 1.47. The average Bonchev–Trinajstić information content (AvgIpc) is 3.01. The van der Waals surface area contributed by atoms with E-state index in [1.54, 1.807) is 31.4 Å². The first-order valence-corrected chi connectivity index (χ1v) is 9.00. The zero-order chi connectivity index (χ0) is 20.4. The number of hydrazone groups is 1.